The van der Waals surface area contributed by atoms with Crippen LogP contribution in [0.5, 0.6) is 0 Å². The number of benzene rings is 3. The summed E-state index contributed by atoms with van der Waals surface area (Å²) in [5.74, 6) is -2.01. The summed E-state index contributed by atoms with van der Waals surface area (Å²) in [6.45, 7) is 6.15. The lowest BCUT2D eigenvalue weighted by Gasteiger charge is -2.42. The van der Waals surface area contributed by atoms with Gasteiger partial charge in [0.25, 0.3) is 0 Å². The lowest BCUT2D eigenvalue weighted by atomic mass is 9.99. The molecule has 1 fully saturated rings. The van der Waals surface area contributed by atoms with Gasteiger partial charge >= 0.3 is 18.0 Å². The van der Waals surface area contributed by atoms with E-state index in [1.54, 1.807) is 10.0 Å². The number of esters is 2. The molecule has 3 aromatic rings. The van der Waals surface area contributed by atoms with E-state index >= 15 is 0 Å². The van der Waals surface area contributed by atoms with Crippen LogP contribution in [0.15, 0.2) is 83.3 Å². The number of carbonyl (C=O) groups excluding carboxylic acids is 5. The first-order valence-electron chi connectivity index (χ1n) is 17.7. The van der Waals surface area contributed by atoms with Crippen molar-refractivity contribution in [3.63, 3.8) is 0 Å². The van der Waals surface area contributed by atoms with Crippen LogP contribution in [-0.4, -0.2) is 90.1 Å². The zero-order valence-corrected chi connectivity index (χ0v) is 32.5. The number of hydrogen-bond acceptors (Lipinski definition) is 9. The van der Waals surface area contributed by atoms with Crippen LogP contribution < -0.4 is 5.32 Å². The van der Waals surface area contributed by atoms with Crippen LogP contribution in [0.25, 0.3) is 0 Å². The molecular weight excluding hydrogens is 744 g/mol. The molecule has 0 spiro atoms. The predicted molar refractivity (Wildman–Crippen MR) is 202 cm³/mol. The van der Waals surface area contributed by atoms with Gasteiger partial charge in [-0.1, -0.05) is 96.5 Å². The van der Waals surface area contributed by atoms with Crippen LogP contribution in [0.3, 0.4) is 0 Å². The molecule has 0 aromatic heterocycles. The first kappa shape index (κ1) is 41.0. The predicted octanol–water partition coefficient (Wildman–Crippen LogP) is 5.46. The Kier molecular flexibility index (Phi) is 15.4. The highest BCUT2D eigenvalue weighted by molar-refractivity contribution is 9.10. The smallest absolute Gasteiger partial charge is 0.410 e. The highest BCUT2D eigenvalue weighted by Crippen LogP contribution is 2.24. The minimum Gasteiger partial charge on any atom is -0.467 e. The van der Waals surface area contributed by atoms with E-state index in [2.05, 4.69) is 21.2 Å². The number of amides is 3. The zero-order valence-electron chi connectivity index (χ0n) is 31.0. The Labute approximate surface area is 319 Å². The zero-order chi connectivity index (χ0) is 38.5. The van der Waals surface area contributed by atoms with E-state index in [1.807, 2.05) is 92.7 Å². The lowest BCUT2D eigenvalue weighted by molar-refractivity contribution is -0.174. The van der Waals surface area contributed by atoms with Crippen molar-refractivity contribution in [1.29, 1.82) is 0 Å². The van der Waals surface area contributed by atoms with E-state index in [1.165, 1.54) is 26.0 Å². The number of halogens is 1. The number of hydrazine groups is 1. The normalized spacial score (nSPS) is 15.6. The molecule has 53 heavy (non-hydrogen) atoms. The van der Waals surface area contributed by atoms with Gasteiger partial charge in [-0.2, -0.15) is 0 Å². The summed E-state index contributed by atoms with van der Waals surface area (Å²) in [5.41, 5.74) is 3.31. The lowest BCUT2D eigenvalue weighted by Crippen LogP contribution is -2.58. The Bertz CT molecular complexity index is 1710. The maximum Gasteiger partial charge on any atom is 0.410 e. The Balaban J connectivity index is 1.45. The van der Waals surface area contributed by atoms with Crippen molar-refractivity contribution in [3.8, 4) is 0 Å². The fourth-order valence-corrected chi connectivity index (χ4v) is 7.06. The van der Waals surface area contributed by atoms with Crippen LogP contribution in [0.1, 0.15) is 55.9 Å². The molecule has 13 heteroatoms. The fourth-order valence-electron chi connectivity index (χ4n) is 6.47. The average molecular weight is 794 g/mol. The molecule has 0 unspecified atom stereocenters. The number of hydrogen-bond donors (Lipinski definition) is 1. The third-order valence-electron chi connectivity index (χ3n) is 9.08. The summed E-state index contributed by atoms with van der Waals surface area (Å²) in [7, 11) is 2.75. The summed E-state index contributed by atoms with van der Waals surface area (Å²) < 4.78 is 17.0. The number of nitrogens with one attached hydrogen (secondary N) is 1. The van der Waals surface area contributed by atoms with E-state index < -0.39 is 36.1 Å². The molecule has 1 N–H and O–H groups in total. The second-order valence-corrected chi connectivity index (χ2v) is 14.3. The Morgan fingerprint density at radius 2 is 1.49 bits per heavy atom. The second kappa shape index (κ2) is 19.9. The average Bonchev–Trinajstić information content (AvgIpc) is 3.14. The summed E-state index contributed by atoms with van der Waals surface area (Å²) >= 11 is 3.58. The van der Waals surface area contributed by atoms with Gasteiger partial charge in [0.1, 0.15) is 31.3 Å². The van der Waals surface area contributed by atoms with Crippen molar-refractivity contribution in [2.75, 3.05) is 27.2 Å². The van der Waals surface area contributed by atoms with Gasteiger partial charge in [0.2, 0.25) is 11.8 Å². The fraction of sp³-hybridized carbons (Fsp3) is 0.425. The molecule has 3 amide bonds. The number of methoxy groups -OCH3 is 1. The van der Waals surface area contributed by atoms with Crippen LogP contribution in [-0.2, 0) is 59.4 Å². The van der Waals surface area contributed by atoms with E-state index in [4.69, 9.17) is 14.2 Å². The molecule has 1 heterocycles. The SMILES string of the molecule is COC(=O)[C@H](Cc1cc(Br)cc(CCN2[C@@H](C(=O)OCc3ccccc3)CCCN2C(C)=O)c1)NC(=O)[C@H](C(C)C)N(C)C(=O)OCc1ccccc1. The molecule has 3 atom stereocenters. The van der Waals surface area contributed by atoms with Crippen LogP contribution in [0.2, 0.25) is 0 Å². The van der Waals surface area contributed by atoms with E-state index in [0.717, 1.165) is 26.7 Å². The largest absolute Gasteiger partial charge is 0.467 e. The summed E-state index contributed by atoms with van der Waals surface area (Å²) in [5, 5.41) is 6.21. The molecule has 3 aromatic carbocycles. The van der Waals surface area contributed by atoms with Gasteiger partial charge in [-0.25, -0.2) is 14.6 Å². The van der Waals surface area contributed by atoms with Gasteiger partial charge in [-0.15, -0.1) is 0 Å². The van der Waals surface area contributed by atoms with Gasteiger partial charge in [0, 0.05) is 38.0 Å². The Morgan fingerprint density at radius 3 is 2.08 bits per heavy atom. The van der Waals surface area contributed by atoms with Crippen molar-refractivity contribution in [3.05, 3.63) is 106 Å². The highest BCUT2D eigenvalue weighted by Gasteiger charge is 2.37. The highest BCUT2D eigenvalue weighted by atomic mass is 79.9. The van der Waals surface area contributed by atoms with Crippen LogP contribution in [0, 0.1) is 5.92 Å². The minimum atomic E-state index is -1.05. The topological polar surface area (TPSA) is 135 Å². The Hall–Kier alpha value is -4.75. The van der Waals surface area contributed by atoms with Crippen molar-refractivity contribution >= 4 is 45.8 Å². The maximum atomic E-state index is 13.7. The first-order chi connectivity index (χ1) is 25.4. The molecule has 4 rings (SSSR count). The number of likely N-dealkylation sites (N-methyl/N-ethyl adjacent to an activating group) is 1. The van der Waals surface area contributed by atoms with Crippen LogP contribution in [0.4, 0.5) is 4.79 Å². The molecule has 284 valence electrons. The van der Waals surface area contributed by atoms with Crippen molar-refractivity contribution in [2.24, 2.45) is 5.92 Å². The monoisotopic (exact) mass is 792 g/mol. The molecule has 1 aliphatic rings. The number of carbonyl (C=O) groups is 5. The van der Waals surface area contributed by atoms with Gasteiger partial charge in [0.15, 0.2) is 0 Å². The molecule has 1 aliphatic heterocycles. The molecule has 12 nitrogen and oxygen atoms in total. The summed E-state index contributed by atoms with van der Waals surface area (Å²) in [6, 6.07) is 21.8. The van der Waals surface area contributed by atoms with E-state index in [9.17, 15) is 24.0 Å². The molecular formula is C40H49BrN4O8. The molecule has 0 aliphatic carbocycles. The first-order valence-corrected chi connectivity index (χ1v) is 18.5. The number of nitrogens with zero attached hydrogens (tertiary/aromatic N) is 3. The van der Waals surface area contributed by atoms with Gasteiger partial charge in [0.05, 0.1) is 7.11 Å². The van der Waals surface area contributed by atoms with Crippen LogP contribution >= 0.6 is 15.9 Å². The maximum absolute atomic E-state index is 13.7. The standard InChI is InChI=1S/C40H49BrN4O8/c1-27(2)36(43(4)40(50)53-26-30-15-10-7-11-16-30)37(47)42-34(38(48)51-5)24-32-21-31(22-33(41)23-32)18-20-45-35(17-12-19-44(45)28(3)46)39(49)52-25-29-13-8-6-9-14-29/h6-11,13-16,21-23,27,34-36H,12,17-20,24-26H2,1-5H3,(H,42,47)/t34-,35+,36-/m0/s1. The molecule has 0 radical (unpaired) electrons. The number of ether oxygens (including phenoxy) is 3. The quantitative estimate of drug-likeness (QED) is 0.157. The number of rotatable bonds is 15. The third-order valence-corrected chi connectivity index (χ3v) is 9.53. The van der Waals surface area contributed by atoms with Crippen molar-refractivity contribution in [1.82, 2.24) is 20.2 Å². The minimum absolute atomic E-state index is 0.0516. The van der Waals surface area contributed by atoms with Gasteiger partial charge < -0.3 is 19.5 Å². The van der Waals surface area contributed by atoms with Gasteiger partial charge in [-0.05, 0) is 59.6 Å². The van der Waals surface area contributed by atoms with Crippen molar-refractivity contribution in [2.45, 2.75) is 77.8 Å². The molecule has 0 bridgehead atoms. The Morgan fingerprint density at radius 1 is 0.887 bits per heavy atom. The molecule has 0 saturated carbocycles. The summed E-state index contributed by atoms with van der Waals surface area (Å²) in [6.07, 6.45) is 1.14. The third kappa shape index (κ3) is 11.9. The molecule has 1 saturated heterocycles. The summed E-state index contributed by atoms with van der Waals surface area (Å²) in [4.78, 5) is 66.9. The second-order valence-electron chi connectivity index (χ2n) is 13.4. The van der Waals surface area contributed by atoms with Gasteiger partial charge in [-0.3, -0.25) is 24.3 Å². The van der Waals surface area contributed by atoms with E-state index in [0.29, 0.717) is 32.4 Å². The van der Waals surface area contributed by atoms with Crippen molar-refractivity contribution < 1.29 is 38.2 Å². The van der Waals surface area contributed by atoms with E-state index in [-0.39, 0.29) is 37.4 Å².